The molecule has 0 aromatic rings. The number of rotatable bonds is 14. The average molecular weight is 383 g/mol. The minimum atomic E-state index is -0.789. The molecule has 0 aliphatic carbocycles. The SMILES string of the molecule is Br.CCCC(NCCCCCNC(CCC)C(=O)O)C(=O)O. The quantitative estimate of drug-likeness (QED) is 0.344. The summed E-state index contributed by atoms with van der Waals surface area (Å²) in [5.74, 6) is -1.58. The Labute approximate surface area is 143 Å². The molecule has 0 fully saturated rings. The van der Waals surface area contributed by atoms with Crippen LogP contribution in [0.2, 0.25) is 0 Å². The van der Waals surface area contributed by atoms with Crippen LogP contribution in [-0.2, 0) is 9.59 Å². The van der Waals surface area contributed by atoms with Crippen LogP contribution in [-0.4, -0.2) is 47.3 Å². The van der Waals surface area contributed by atoms with Crippen molar-refractivity contribution in [3.8, 4) is 0 Å². The van der Waals surface area contributed by atoms with Crippen LogP contribution in [0.3, 0.4) is 0 Å². The second kappa shape index (κ2) is 15.2. The number of carbonyl (C=O) groups is 2. The zero-order chi connectivity index (χ0) is 16.1. The first-order valence-electron chi connectivity index (χ1n) is 7.95. The third kappa shape index (κ3) is 11.9. The van der Waals surface area contributed by atoms with Gasteiger partial charge < -0.3 is 20.8 Å². The van der Waals surface area contributed by atoms with Gasteiger partial charge in [-0.3, -0.25) is 9.59 Å². The molecule has 0 aromatic heterocycles. The summed E-state index contributed by atoms with van der Waals surface area (Å²) in [4.78, 5) is 21.9. The van der Waals surface area contributed by atoms with Gasteiger partial charge in [0.2, 0.25) is 0 Å². The molecule has 22 heavy (non-hydrogen) atoms. The fourth-order valence-electron chi connectivity index (χ4n) is 2.18. The summed E-state index contributed by atoms with van der Waals surface area (Å²) in [5, 5.41) is 24.0. The van der Waals surface area contributed by atoms with E-state index in [1.165, 1.54) is 0 Å². The van der Waals surface area contributed by atoms with Crippen molar-refractivity contribution in [3.05, 3.63) is 0 Å². The van der Waals surface area contributed by atoms with Gasteiger partial charge in [-0.2, -0.15) is 0 Å². The molecular weight excluding hydrogens is 352 g/mol. The molecule has 7 heteroatoms. The van der Waals surface area contributed by atoms with Crippen molar-refractivity contribution in [2.75, 3.05) is 13.1 Å². The lowest BCUT2D eigenvalue weighted by Crippen LogP contribution is -2.37. The van der Waals surface area contributed by atoms with Crippen molar-refractivity contribution in [2.24, 2.45) is 0 Å². The summed E-state index contributed by atoms with van der Waals surface area (Å²) in [7, 11) is 0. The van der Waals surface area contributed by atoms with Crippen LogP contribution >= 0.6 is 17.0 Å². The van der Waals surface area contributed by atoms with Gasteiger partial charge in [0.1, 0.15) is 12.1 Å². The van der Waals surface area contributed by atoms with E-state index < -0.39 is 24.0 Å². The lowest BCUT2D eigenvalue weighted by Gasteiger charge is -2.14. The summed E-state index contributed by atoms with van der Waals surface area (Å²) in [6.45, 7) is 5.32. The fraction of sp³-hybridized carbons (Fsp3) is 0.867. The highest BCUT2D eigenvalue weighted by atomic mass is 79.9. The summed E-state index contributed by atoms with van der Waals surface area (Å²) in [5.41, 5.74) is 0. The summed E-state index contributed by atoms with van der Waals surface area (Å²) >= 11 is 0. The summed E-state index contributed by atoms with van der Waals surface area (Å²) in [6, 6.07) is -0.900. The number of hydrogen-bond acceptors (Lipinski definition) is 4. The van der Waals surface area contributed by atoms with Gasteiger partial charge in [-0.1, -0.05) is 33.1 Å². The van der Waals surface area contributed by atoms with Crippen LogP contribution in [0.1, 0.15) is 58.8 Å². The third-order valence-electron chi connectivity index (χ3n) is 3.39. The first-order chi connectivity index (χ1) is 10.0. The minimum absolute atomic E-state index is 0. The predicted octanol–water partition coefficient (Wildman–Crippen LogP) is 2.42. The maximum atomic E-state index is 10.9. The zero-order valence-corrected chi connectivity index (χ0v) is 15.4. The van der Waals surface area contributed by atoms with E-state index in [1.54, 1.807) is 0 Å². The van der Waals surface area contributed by atoms with E-state index in [1.807, 2.05) is 13.8 Å². The van der Waals surface area contributed by atoms with E-state index in [2.05, 4.69) is 10.6 Å². The van der Waals surface area contributed by atoms with Gasteiger partial charge in [0.15, 0.2) is 0 Å². The molecule has 0 radical (unpaired) electrons. The Balaban J connectivity index is 0. The second-order valence-electron chi connectivity index (χ2n) is 5.33. The van der Waals surface area contributed by atoms with E-state index in [4.69, 9.17) is 10.2 Å². The first-order valence-corrected chi connectivity index (χ1v) is 7.95. The van der Waals surface area contributed by atoms with Crippen molar-refractivity contribution < 1.29 is 19.8 Å². The Bertz CT molecular complexity index is 275. The maximum absolute atomic E-state index is 10.9. The number of aliphatic carboxylic acids is 2. The molecule has 0 aromatic carbocycles. The molecule has 0 aliphatic rings. The predicted molar refractivity (Wildman–Crippen MR) is 92.8 cm³/mol. The van der Waals surface area contributed by atoms with Gasteiger partial charge in [-0.15, -0.1) is 17.0 Å². The van der Waals surface area contributed by atoms with Crippen LogP contribution in [0.15, 0.2) is 0 Å². The van der Waals surface area contributed by atoms with Crippen molar-refractivity contribution >= 4 is 28.9 Å². The van der Waals surface area contributed by atoms with Crippen LogP contribution in [0.25, 0.3) is 0 Å². The molecular formula is C15H31BrN2O4. The lowest BCUT2D eigenvalue weighted by atomic mass is 10.1. The number of hydrogen-bond donors (Lipinski definition) is 4. The van der Waals surface area contributed by atoms with Gasteiger partial charge in [0.25, 0.3) is 0 Å². The van der Waals surface area contributed by atoms with Gasteiger partial charge in [0.05, 0.1) is 0 Å². The number of nitrogens with one attached hydrogen (secondary N) is 2. The highest BCUT2D eigenvalue weighted by Gasteiger charge is 2.15. The van der Waals surface area contributed by atoms with Gasteiger partial charge >= 0.3 is 11.9 Å². The molecule has 6 nitrogen and oxygen atoms in total. The highest BCUT2D eigenvalue weighted by molar-refractivity contribution is 8.93. The van der Waals surface area contributed by atoms with E-state index >= 15 is 0 Å². The number of carboxylic acid groups (broad SMARTS) is 2. The Hall–Kier alpha value is -0.660. The van der Waals surface area contributed by atoms with Crippen LogP contribution in [0.5, 0.6) is 0 Å². The van der Waals surface area contributed by atoms with E-state index in [0.717, 1.165) is 32.1 Å². The smallest absolute Gasteiger partial charge is 0.320 e. The lowest BCUT2D eigenvalue weighted by molar-refractivity contribution is -0.140. The molecule has 2 unspecified atom stereocenters. The van der Waals surface area contributed by atoms with Crippen molar-refractivity contribution in [1.29, 1.82) is 0 Å². The Kier molecular flexibility index (Phi) is 16.4. The monoisotopic (exact) mass is 382 g/mol. The minimum Gasteiger partial charge on any atom is -0.480 e. The molecule has 0 saturated carbocycles. The fourth-order valence-corrected chi connectivity index (χ4v) is 2.18. The molecule has 0 spiro atoms. The highest BCUT2D eigenvalue weighted by Crippen LogP contribution is 2.00. The molecule has 0 amide bonds. The normalized spacial score (nSPS) is 13.2. The van der Waals surface area contributed by atoms with E-state index in [-0.39, 0.29) is 17.0 Å². The summed E-state index contributed by atoms with van der Waals surface area (Å²) < 4.78 is 0. The largest absolute Gasteiger partial charge is 0.480 e. The maximum Gasteiger partial charge on any atom is 0.320 e. The molecule has 132 valence electrons. The van der Waals surface area contributed by atoms with Crippen molar-refractivity contribution in [3.63, 3.8) is 0 Å². The van der Waals surface area contributed by atoms with Crippen molar-refractivity contribution in [1.82, 2.24) is 10.6 Å². The Morgan fingerprint density at radius 3 is 1.45 bits per heavy atom. The van der Waals surface area contributed by atoms with E-state index in [9.17, 15) is 9.59 Å². The Morgan fingerprint density at radius 2 is 1.18 bits per heavy atom. The first kappa shape index (κ1) is 23.6. The summed E-state index contributed by atoms with van der Waals surface area (Å²) in [6.07, 6.45) is 5.75. The third-order valence-corrected chi connectivity index (χ3v) is 3.39. The van der Waals surface area contributed by atoms with Crippen LogP contribution < -0.4 is 10.6 Å². The standard InChI is InChI=1S/C15H30N2O4.BrH/c1-3-8-12(14(18)19)16-10-6-5-7-11-17-13(9-4-2)15(20)21;/h12-13,16-17H,3-11H2,1-2H3,(H,18,19)(H,20,21);1H. The van der Waals surface area contributed by atoms with Crippen molar-refractivity contribution in [2.45, 2.75) is 70.9 Å². The van der Waals surface area contributed by atoms with E-state index in [0.29, 0.717) is 25.9 Å². The molecule has 0 rings (SSSR count). The second-order valence-corrected chi connectivity index (χ2v) is 5.33. The molecule has 0 heterocycles. The van der Waals surface area contributed by atoms with Gasteiger partial charge in [-0.05, 0) is 38.8 Å². The average Bonchev–Trinajstić information content (AvgIpc) is 2.43. The molecule has 4 N–H and O–H groups in total. The number of carboxylic acids is 2. The van der Waals surface area contributed by atoms with Gasteiger partial charge in [0, 0.05) is 0 Å². The van der Waals surface area contributed by atoms with Gasteiger partial charge in [-0.25, -0.2) is 0 Å². The van der Waals surface area contributed by atoms with Crippen LogP contribution in [0, 0.1) is 0 Å². The Morgan fingerprint density at radius 1 is 0.818 bits per heavy atom. The molecule has 0 aliphatic heterocycles. The molecule has 0 bridgehead atoms. The van der Waals surface area contributed by atoms with Crippen LogP contribution in [0.4, 0.5) is 0 Å². The molecule has 2 atom stereocenters. The number of halogens is 1. The zero-order valence-electron chi connectivity index (χ0n) is 13.6. The topological polar surface area (TPSA) is 98.7 Å². The molecule has 0 saturated heterocycles. The number of unbranched alkanes of at least 4 members (excludes halogenated alkanes) is 2.